The molecule has 0 atom stereocenters. The van der Waals surface area contributed by atoms with Crippen LogP contribution in [0.4, 0.5) is 10.1 Å². The van der Waals surface area contributed by atoms with E-state index in [4.69, 9.17) is 16.3 Å². The molecule has 0 fully saturated rings. The van der Waals surface area contributed by atoms with Crippen LogP contribution in [0.25, 0.3) is 0 Å². The second kappa shape index (κ2) is 7.89. The van der Waals surface area contributed by atoms with Gasteiger partial charge >= 0.3 is 5.69 Å². The van der Waals surface area contributed by atoms with E-state index >= 15 is 0 Å². The number of ether oxygens (including phenoxy) is 1. The van der Waals surface area contributed by atoms with Crippen LogP contribution in [0.15, 0.2) is 36.4 Å². The second-order valence-corrected chi connectivity index (χ2v) is 5.34. The minimum absolute atomic E-state index is 0.158. The van der Waals surface area contributed by atoms with Crippen LogP contribution >= 0.6 is 11.6 Å². The third-order valence-electron chi connectivity index (χ3n) is 3.33. The third-order valence-corrected chi connectivity index (χ3v) is 3.69. The summed E-state index contributed by atoms with van der Waals surface area (Å²) in [5.74, 6) is -0.0908. The van der Waals surface area contributed by atoms with E-state index in [1.54, 1.807) is 12.1 Å². The monoisotopic (exact) mass is 338 g/mol. The van der Waals surface area contributed by atoms with Gasteiger partial charge < -0.3 is 10.1 Å². The van der Waals surface area contributed by atoms with Gasteiger partial charge in [-0.1, -0.05) is 23.7 Å². The molecule has 2 rings (SSSR count). The van der Waals surface area contributed by atoms with Crippen LogP contribution in [0.5, 0.6) is 5.75 Å². The molecule has 0 unspecified atom stereocenters. The largest absolute Gasteiger partial charge is 0.490 e. The Balaban J connectivity index is 1.96. The number of halogens is 2. The van der Waals surface area contributed by atoms with E-state index in [1.807, 2.05) is 6.07 Å². The van der Waals surface area contributed by atoms with Crippen molar-refractivity contribution in [3.63, 3.8) is 0 Å². The van der Waals surface area contributed by atoms with Crippen molar-refractivity contribution in [3.05, 3.63) is 68.5 Å². The maximum Gasteiger partial charge on any atom is 0.312 e. The molecule has 0 amide bonds. The molecule has 0 bridgehead atoms. The number of nitrogens with zero attached hydrogens (tertiary/aromatic N) is 1. The highest BCUT2D eigenvalue weighted by Crippen LogP contribution is 2.33. The lowest BCUT2D eigenvalue weighted by molar-refractivity contribution is -0.385. The number of hydrogen-bond donors (Lipinski definition) is 1. The summed E-state index contributed by atoms with van der Waals surface area (Å²) in [6.45, 7) is 1.12. The lowest BCUT2D eigenvalue weighted by Gasteiger charge is -2.09. The summed E-state index contributed by atoms with van der Waals surface area (Å²) in [6.07, 6.45) is 0.572. The molecule has 0 saturated carbocycles. The van der Waals surface area contributed by atoms with E-state index in [1.165, 1.54) is 25.3 Å². The van der Waals surface area contributed by atoms with Gasteiger partial charge in [0.05, 0.1) is 17.1 Å². The van der Waals surface area contributed by atoms with Crippen molar-refractivity contribution in [3.8, 4) is 5.75 Å². The number of nitro groups is 1. The first-order valence-corrected chi connectivity index (χ1v) is 7.35. The first-order valence-electron chi connectivity index (χ1n) is 6.97. The van der Waals surface area contributed by atoms with E-state index in [0.29, 0.717) is 24.5 Å². The Kier molecular flexibility index (Phi) is 5.90. The fraction of sp³-hybridized carbons (Fsp3) is 0.250. The van der Waals surface area contributed by atoms with Gasteiger partial charge in [-0.2, -0.15) is 0 Å². The maximum absolute atomic E-state index is 13.1. The lowest BCUT2D eigenvalue weighted by Crippen LogP contribution is -2.17. The Hall–Kier alpha value is -2.18. The number of methoxy groups -OCH3 is 1. The fourth-order valence-electron chi connectivity index (χ4n) is 2.19. The van der Waals surface area contributed by atoms with Crippen molar-refractivity contribution < 1.29 is 14.1 Å². The molecular weight excluding hydrogens is 323 g/mol. The molecule has 7 heteroatoms. The highest BCUT2D eigenvalue weighted by Gasteiger charge is 2.17. The number of nitrogens with one attached hydrogen (secondary N) is 1. The Morgan fingerprint density at radius 1 is 1.35 bits per heavy atom. The minimum atomic E-state index is -0.531. The summed E-state index contributed by atoms with van der Waals surface area (Å²) in [5.41, 5.74) is 1.44. The highest BCUT2D eigenvalue weighted by atomic mass is 35.5. The van der Waals surface area contributed by atoms with Crippen LogP contribution in [0, 0.1) is 15.9 Å². The third kappa shape index (κ3) is 4.64. The van der Waals surface area contributed by atoms with Crippen molar-refractivity contribution in [1.82, 2.24) is 5.32 Å². The molecule has 122 valence electrons. The Morgan fingerprint density at radius 2 is 2.13 bits per heavy atom. The van der Waals surface area contributed by atoms with Crippen molar-refractivity contribution in [2.75, 3.05) is 13.7 Å². The molecule has 0 heterocycles. The first kappa shape index (κ1) is 17.2. The Bertz CT molecular complexity index is 710. The van der Waals surface area contributed by atoms with Crippen molar-refractivity contribution in [2.24, 2.45) is 0 Å². The Morgan fingerprint density at radius 3 is 2.78 bits per heavy atom. The summed E-state index contributed by atoms with van der Waals surface area (Å²) in [4.78, 5) is 10.4. The second-order valence-electron chi connectivity index (χ2n) is 4.93. The van der Waals surface area contributed by atoms with Crippen LogP contribution in [-0.4, -0.2) is 18.6 Å². The summed E-state index contributed by atoms with van der Waals surface area (Å²) in [5, 5.41) is 14.4. The van der Waals surface area contributed by atoms with Gasteiger partial charge in [-0.3, -0.25) is 10.1 Å². The first-order chi connectivity index (χ1) is 11.0. The van der Waals surface area contributed by atoms with Gasteiger partial charge in [-0.25, -0.2) is 4.39 Å². The predicted molar refractivity (Wildman–Crippen MR) is 86.5 cm³/mol. The average Bonchev–Trinajstić information content (AvgIpc) is 2.52. The van der Waals surface area contributed by atoms with Crippen molar-refractivity contribution in [2.45, 2.75) is 13.0 Å². The number of nitro benzene ring substituents is 1. The van der Waals surface area contributed by atoms with E-state index in [0.717, 1.165) is 11.1 Å². The van der Waals surface area contributed by atoms with Crippen LogP contribution in [0.3, 0.4) is 0 Å². The molecule has 0 saturated heterocycles. The van der Waals surface area contributed by atoms with Crippen LogP contribution in [0.1, 0.15) is 11.1 Å². The van der Waals surface area contributed by atoms with Crippen LogP contribution in [-0.2, 0) is 13.0 Å². The molecule has 2 aromatic rings. The summed E-state index contributed by atoms with van der Waals surface area (Å²) in [7, 11) is 1.38. The SMILES string of the molecule is COc1cc(CCNCc2cccc(F)c2)c(Cl)cc1[N+](=O)[O-]. The molecule has 0 radical (unpaired) electrons. The minimum Gasteiger partial charge on any atom is -0.490 e. The van der Waals surface area contributed by atoms with E-state index in [9.17, 15) is 14.5 Å². The molecule has 23 heavy (non-hydrogen) atoms. The standard InChI is InChI=1S/C16H16ClFN2O3/c1-23-16-8-12(14(17)9-15(16)20(21)22)5-6-19-10-11-3-2-4-13(18)7-11/h2-4,7-9,19H,5-6,10H2,1H3. The fourth-order valence-corrected chi connectivity index (χ4v) is 2.44. The maximum atomic E-state index is 13.1. The van der Waals surface area contributed by atoms with Gasteiger partial charge in [-0.05, 0) is 42.3 Å². The van der Waals surface area contributed by atoms with Crippen LogP contribution in [0.2, 0.25) is 5.02 Å². The number of benzene rings is 2. The normalized spacial score (nSPS) is 10.6. The quantitative estimate of drug-likeness (QED) is 0.474. The molecule has 5 nitrogen and oxygen atoms in total. The van der Waals surface area contributed by atoms with Gasteiger partial charge in [0.25, 0.3) is 0 Å². The van der Waals surface area contributed by atoms with E-state index < -0.39 is 4.92 Å². The molecule has 0 spiro atoms. The summed E-state index contributed by atoms with van der Waals surface area (Å²) in [6, 6.07) is 9.22. The molecule has 0 aliphatic carbocycles. The Labute approximate surface area is 138 Å². The zero-order valence-electron chi connectivity index (χ0n) is 12.5. The molecule has 0 aliphatic heterocycles. The molecular formula is C16H16ClFN2O3. The van der Waals surface area contributed by atoms with Crippen LogP contribution < -0.4 is 10.1 Å². The topological polar surface area (TPSA) is 64.4 Å². The van der Waals surface area contributed by atoms with Gasteiger partial charge in [0, 0.05) is 12.6 Å². The number of hydrogen-bond acceptors (Lipinski definition) is 4. The van der Waals surface area contributed by atoms with Gasteiger partial charge in [0.15, 0.2) is 5.75 Å². The zero-order valence-corrected chi connectivity index (χ0v) is 13.3. The molecule has 2 aromatic carbocycles. The van der Waals surface area contributed by atoms with Gasteiger partial charge in [-0.15, -0.1) is 0 Å². The van der Waals surface area contributed by atoms with E-state index in [2.05, 4.69) is 5.32 Å². The van der Waals surface area contributed by atoms with Gasteiger partial charge in [0.1, 0.15) is 5.82 Å². The van der Waals surface area contributed by atoms with Gasteiger partial charge in [0.2, 0.25) is 0 Å². The number of rotatable bonds is 7. The van der Waals surface area contributed by atoms with Crippen molar-refractivity contribution >= 4 is 17.3 Å². The molecule has 1 N–H and O–H groups in total. The predicted octanol–water partition coefficient (Wildman–Crippen LogP) is 3.73. The molecule has 0 aromatic heterocycles. The highest BCUT2D eigenvalue weighted by molar-refractivity contribution is 6.31. The lowest BCUT2D eigenvalue weighted by atomic mass is 10.1. The summed E-state index contributed by atoms with van der Waals surface area (Å²) >= 11 is 6.08. The van der Waals surface area contributed by atoms with E-state index in [-0.39, 0.29) is 17.3 Å². The smallest absolute Gasteiger partial charge is 0.312 e. The summed E-state index contributed by atoms with van der Waals surface area (Å²) < 4.78 is 18.1. The molecule has 0 aliphatic rings. The van der Waals surface area contributed by atoms with Crippen molar-refractivity contribution in [1.29, 1.82) is 0 Å². The zero-order chi connectivity index (χ0) is 16.8. The average molecular weight is 339 g/mol.